The van der Waals surface area contributed by atoms with Gasteiger partial charge >= 0.3 is 0 Å². The summed E-state index contributed by atoms with van der Waals surface area (Å²) in [5, 5.41) is 2.73. The number of hydrogen-bond acceptors (Lipinski definition) is 4. The third-order valence-corrected chi connectivity index (χ3v) is 3.44. The van der Waals surface area contributed by atoms with Crippen molar-refractivity contribution in [3.63, 3.8) is 0 Å². The molecule has 0 aliphatic carbocycles. The summed E-state index contributed by atoms with van der Waals surface area (Å²) in [5.74, 6) is -0.673. The molecule has 6 heteroatoms. The number of carbonyl (C=O) groups excluding carboxylic acids is 3. The normalized spacial score (nSPS) is 10.1. The molecule has 2 rings (SSSR count). The highest BCUT2D eigenvalue weighted by Gasteiger charge is 2.16. The fourth-order valence-corrected chi connectivity index (χ4v) is 2.17. The molecular weight excluding hydrogens is 306 g/mol. The van der Waals surface area contributed by atoms with Crippen molar-refractivity contribution < 1.29 is 14.4 Å². The Morgan fingerprint density at radius 1 is 1.08 bits per heavy atom. The number of aromatic nitrogens is 1. The minimum absolute atomic E-state index is 0.0973. The second-order valence-electron chi connectivity index (χ2n) is 5.31. The van der Waals surface area contributed by atoms with Crippen molar-refractivity contribution in [2.45, 2.75) is 20.4 Å². The van der Waals surface area contributed by atoms with Crippen molar-refractivity contribution in [1.29, 1.82) is 0 Å². The molecule has 0 atom stereocenters. The number of rotatable bonds is 6. The molecule has 0 radical (unpaired) electrons. The van der Waals surface area contributed by atoms with E-state index >= 15 is 0 Å². The molecule has 0 spiro atoms. The molecule has 1 heterocycles. The average molecular weight is 325 g/mol. The summed E-state index contributed by atoms with van der Waals surface area (Å²) >= 11 is 0. The minimum Gasteiger partial charge on any atom is -0.349 e. The molecule has 6 nitrogen and oxygen atoms in total. The standard InChI is InChI=1S/C18H19N3O3/c1-13(22)15-6-5-8-17(10-15)21(14(2)23)12-18(24)20-11-16-7-3-4-9-19-16/h3-10H,11-12H2,1-2H3,(H,20,24). The first-order valence-electron chi connectivity index (χ1n) is 7.53. The van der Waals surface area contributed by atoms with Crippen LogP contribution in [0.2, 0.25) is 0 Å². The van der Waals surface area contributed by atoms with Gasteiger partial charge in [-0.2, -0.15) is 0 Å². The Kier molecular flexibility index (Phi) is 5.78. The van der Waals surface area contributed by atoms with Crippen LogP contribution in [0.1, 0.15) is 29.9 Å². The molecule has 124 valence electrons. The van der Waals surface area contributed by atoms with Crippen molar-refractivity contribution in [3.05, 3.63) is 59.9 Å². The van der Waals surface area contributed by atoms with Gasteiger partial charge in [0.05, 0.1) is 12.2 Å². The Balaban J connectivity index is 2.05. The molecule has 1 aromatic carbocycles. The minimum atomic E-state index is -0.302. The van der Waals surface area contributed by atoms with Gasteiger partial charge in [0.1, 0.15) is 6.54 Å². The zero-order valence-corrected chi connectivity index (χ0v) is 13.7. The molecule has 1 aromatic heterocycles. The largest absolute Gasteiger partial charge is 0.349 e. The van der Waals surface area contributed by atoms with Crippen LogP contribution in [0.15, 0.2) is 48.7 Å². The lowest BCUT2D eigenvalue weighted by Gasteiger charge is -2.21. The summed E-state index contributed by atoms with van der Waals surface area (Å²) in [6.45, 7) is 3.01. The van der Waals surface area contributed by atoms with E-state index in [0.29, 0.717) is 17.8 Å². The second-order valence-corrected chi connectivity index (χ2v) is 5.31. The summed E-state index contributed by atoms with van der Waals surface area (Å²) in [4.78, 5) is 40.9. The monoisotopic (exact) mass is 325 g/mol. The highest BCUT2D eigenvalue weighted by Crippen LogP contribution is 2.17. The molecule has 0 saturated carbocycles. The number of benzene rings is 1. The molecule has 2 amide bonds. The van der Waals surface area contributed by atoms with Gasteiger partial charge in [-0.15, -0.1) is 0 Å². The van der Waals surface area contributed by atoms with E-state index < -0.39 is 0 Å². The molecule has 2 aromatic rings. The van der Waals surface area contributed by atoms with E-state index in [0.717, 1.165) is 5.69 Å². The van der Waals surface area contributed by atoms with Crippen LogP contribution >= 0.6 is 0 Å². The molecule has 24 heavy (non-hydrogen) atoms. The van der Waals surface area contributed by atoms with E-state index in [1.165, 1.54) is 18.7 Å². The van der Waals surface area contributed by atoms with Crippen LogP contribution < -0.4 is 10.2 Å². The number of ketones is 1. The Hall–Kier alpha value is -3.02. The Labute approximate surface area is 140 Å². The van der Waals surface area contributed by atoms with Crippen molar-refractivity contribution in [1.82, 2.24) is 10.3 Å². The summed E-state index contributed by atoms with van der Waals surface area (Å²) in [6, 6.07) is 12.1. The van der Waals surface area contributed by atoms with E-state index in [1.54, 1.807) is 42.6 Å². The smallest absolute Gasteiger partial charge is 0.240 e. The highest BCUT2D eigenvalue weighted by molar-refractivity contribution is 6.00. The van der Waals surface area contributed by atoms with Gasteiger partial charge in [0.2, 0.25) is 11.8 Å². The lowest BCUT2D eigenvalue weighted by molar-refractivity contribution is -0.123. The maximum absolute atomic E-state index is 12.1. The fraction of sp³-hybridized carbons (Fsp3) is 0.222. The number of anilines is 1. The zero-order chi connectivity index (χ0) is 17.5. The molecule has 0 saturated heterocycles. The Morgan fingerprint density at radius 3 is 2.50 bits per heavy atom. The summed E-state index contributed by atoms with van der Waals surface area (Å²) in [6.07, 6.45) is 1.65. The Morgan fingerprint density at radius 2 is 1.88 bits per heavy atom. The van der Waals surface area contributed by atoms with Crippen LogP contribution in [0, 0.1) is 0 Å². The van der Waals surface area contributed by atoms with Crippen LogP contribution in [-0.4, -0.2) is 29.1 Å². The third kappa shape index (κ3) is 4.74. The van der Waals surface area contributed by atoms with Crippen LogP contribution in [0.25, 0.3) is 0 Å². The third-order valence-electron chi connectivity index (χ3n) is 3.44. The molecule has 0 fully saturated rings. The predicted molar refractivity (Wildman–Crippen MR) is 90.6 cm³/mol. The average Bonchev–Trinajstić information content (AvgIpc) is 2.58. The summed E-state index contributed by atoms with van der Waals surface area (Å²) in [5.41, 5.74) is 1.75. The summed E-state index contributed by atoms with van der Waals surface area (Å²) in [7, 11) is 0. The van der Waals surface area contributed by atoms with E-state index in [1.807, 2.05) is 6.07 Å². The van der Waals surface area contributed by atoms with E-state index in [4.69, 9.17) is 0 Å². The lowest BCUT2D eigenvalue weighted by Crippen LogP contribution is -2.39. The first-order chi connectivity index (χ1) is 11.5. The zero-order valence-electron chi connectivity index (χ0n) is 13.7. The number of nitrogens with zero attached hydrogens (tertiary/aromatic N) is 2. The maximum atomic E-state index is 12.1. The van der Waals surface area contributed by atoms with Crippen molar-refractivity contribution in [3.8, 4) is 0 Å². The first kappa shape index (κ1) is 17.3. The van der Waals surface area contributed by atoms with Gasteiger partial charge in [-0.3, -0.25) is 19.4 Å². The summed E-state index contributed by atoms with van der Waals surface area (Å²) < 4.78 is 0. The quantitative estimate of drug-likeness (QED) is 0.823. The number of carbonyl (C=O) groups is 3. The van der Waals surface area contributed by atoms with Crippen molar-refractivity contribution in [2.75, 3.05) is 11.4 Å². The van der Waals surface area contributed by atoms with Crippen LogP contribution in [0.4, 0.5) is 5.69 Å². The van der Waals surface area contributed by atoms with Crippen molar-refractivity contribution >= 4 is 23.3 Å². The lowest BCUT2D eigenvalue weighted by atomic mass is 10.1. The van der Waals surface area contributed by atoms with Crippen LogP contribution in [0.5, 0.6) is 0 Å². The second kappa shape index (κ2) is 8.01. The van der Waals surface area contributed by atoms with Crippen LogP contribution in [0.3, 0.4) is 0 Å². The predicted octanol–water partition coefficient (Wildman–Crippen LogP) is 1.95. The topological polar surface area (TPSA) is 79.4 Å². The maximum Gasteiger partial charge on any atom is 0.240 e. The van der Waals surface area contributed by atoms with Gasteiger partial charge in [-0.25, -0.2) is 0 Å². The van der Waals surface area contributed by atoms with Gasteiger partial charge in [-0.05, 0) is 31.2 Å². The van der Waals surface area contributed by atoms with E-state index in [2.05, 4.69) is 10.3 Å². The molecular formula is C18H19N3O3. The van der Waals surface area contributed by atoms with E-state index in [-0.39, 0.29) is 24.1 Å². The fourth-order valence-electron chi connectivity index (χ4n) is 2.17. The molecule has 1 N–H and O–H groups in total. The van der Waals surface area contributed by atoms with Crippen molar-refractivity contribution in [2.24, 2.45) is 0 Å². The number of nitrogens with one attached hydrogen (secondary N) is 1. The van der Waals surface area contributed by atoms with Gasteiger partial charge < -0.3 is 10.2 Å². The van der Waals surface area contributed by atoms with Gasteiger partial charge in [0, 0.05) is 24.4 Å². The van der Waals surface area contributed by atoms with Gasteiger partial charge in [-0.1, -0.05) is 18.2 Å². The van der Waals surface area contributed by atoms with Crippen LogP contribution in [-0.2, 0) is 16.1 Å². The van der Waals surface area contributed by atoms with Gasteiger partial charge in [0.25, 0.3) is 0 Å². The highest BCUT2D eigenvalue weighted by atomic mass is 16.2. The Bertz CT molecular complexity index is 744. The van der Waals surface area contributed by atoms with Gasteiger partial charge in [0.15, 0.2) is 5.78 Å². The number of pyridine rings is 1. The molecule has 0 bridgehead atoms. The number of hydrogen-bond donors (Lipinski definition) is 1. The number of Topliss-reactive ketones (excluding diaryl/α,β-unsaturated/α-hetero) is 1. The molecule has 0 aliphatic rings. The van der Waals surface area contributed by atoms with E-state index in [9.17, 15) is 14.4 Å². The number of amides is 2. The molecule has 0 aliphatic heterocycles. The molecule has 0 unspecified atom stereocenters. The SMILES string of the molecule is CC(=O)c1cccc(N(CC(=O)NCc2ccccn2)C(C)=O)c1. The first-order valence-corrected chi connectivity index (χ1v) is 7.53.